The van der Waals surface area contributed by atoms with Crippen molar-refractivity contribution in [2.75, 3.05) is 11.1 Å². The Kier molecular flexibility index (Phi) is 3.97. The van der Waals surface area contributed by atoms with Crippen molar-refractivity contribution < 1.29 is 4.79 Å². The van der Waals surface area contributed by atoms with Gasteiger partial charge < -0.3 is 11.1 Å². The summed E-state index contributed by atoms with van der Waals surface area (Å²) in [4.78, 5) is 16.4. The predicted molar refractivity (Wildman–Crippen MR) is 83.2 cm³/mol. The molecule has 2 heterocycles. The second-order valence-electron chi connectivity index (χ2n) is 5.87. The summed E-state index contributed by atoms with van der Waals surface area (Å²) in [5.41, 5.74) is 7.49. The Morgan fingerprint density at radius 1 is 1.33 bits per heavy atom. The third-order valence-corrected chi connectivity index (χ3v) is 3.13. The highest BCUT2D eigenvalue weighted by Gasteiger charge is 2.23. The Balaban J connectivity index is 2.27. The number of hydrogen-bond donors (Lipinski definition) is 2. The highest BCUT2D eigenvalue weighted by atomic mass is 16.1. The van der Waals surface area contributed by atoms with Crippen LogP contribution in [0.25, 0.3) is 0 Å². The number of anilines is 2. The van der Waals surface area contributed by atoms with Gasteiger partial charge in [-0.3, -0.25) is 9.48 Å². The summed E-state index contributed by atoms with van der Waals surface area (Å²) < 4.78 is 1.89. The van der Waals surface area contributed by atoms with E-state index in [0.29, 0.717) is 17.1 Å². The van der Waals surface area contributed by atoms with Crippen LogP contribution in [0.4, 0.5) is 11.5 Å². The van der Waals surface area contributed by atoms with Crippen molar-refractivity contribution in [1.29, 1.82) is 0 Å². The van der Waals surface area contributed by atoms with E-state index in [1.54, 1.807) is 18.3 Å². The molecular formula is C15H21N5O. The van der Waals surface area contributed by atoms with Crippen LogP contribution in [0.2, 0.25) is 0 Å². The number of nitrogens with zero attached hydrogens (tertiary/aromatic N) is 3. The van der Waals surface area contributed by atoms with Crippen LogP contribution >= 0.6 is 0 Å². The third-order valence-electron chi connectivity index (χ3n) is 3.13. The molecule has 0 bridgehead atoms. The van der Waals surface area contributed by atoms with Crippen molar-refractivity contribution in [1.82, 2.24) is 14.8 Å². The summed E-state index contributed by atoms with van der Waals surface area (Å²) in [6.07, 6.45) is 3.89. The molecule has 3 N–H and O–H groups in total. The van der Waals surface area contributed by atoms with Crippen LogP contribution in [-0.2, 0) is 12.0 Å². The molecule has 6 heteroatoms. The first-order chi connectivity index (χ1) is 9.82. The van der Waals surface area contributed by atoms with E-state index in [4.69, 9.17) is 5.73 Å². The van der Waals surface area contributed by atoms with E-state index >= 15 is 0 Å². The maximum Gasteiger partial charge on any atom is 0.259 e. The van der Waals surface area contributed by atoms with Crippen molar-refractivity contribution in [3.63, 3.8) is 0 Å². The van der Waals surface area contributed by atoms with E-state index in [-0.39, 0.29) is 11.4 Å². The molecule has 2 rings (SSSR count). The lowest BCUT2D eigenvalue weighted by molar-refractivity contribution is 0.102. The van der Waals surface area contributed by atoms with Crippen LogP contribution in [-0.4, -0.2) is 20.7 Å². The smallest absolute Gasteiger partial charge is 0.259 e. The van der Waals surface area contributed by atoms with Crippen molar-refractivity contribution in [2.24, 2.45) is 0 Å². The fourth-order valence-electron chi connectivity index (χ4n) is 2.16. The van der Waals surface area contributed by atoms with Crippen molar-refractivity contribution in [3.8, 4) is 0 Å². The van der Waals surface area contributed by atoms with Gasteiger partial charge in [0.2, 0.25) is 0 Å². The van der Waals surface area contributed by atoms with Gasteiger partial charge in [-0.25, -0.2) is 4.98 Å². The Morgan fingerprint density at radius 3 is 2.57 bits per heavy atom. The summed E-state index contributed by atoms with van der Waals surface area (Å²) in [5, 5.41) is 7.17. The number of nitrogens with two attached hydrogens (primary N) is 1. The predicted octanol–water partition coefficient (Wildman–Crippen LogP) is 2.43. The van der Waals surface area contributed by atoms with Crippen LogP contribution in [0.15, 0.2) is 24.5 Å². The minimum absolute atomic E-state index is 0.160. The molecule has 112 valence electrons. The highest BCUT2D eigenvalue weighted by molar-refractivity contribution is 6.04. The Hall–Kier alpha value is -2.37. The van der Waals surface area contributed by atoms with Crippen molar-refractivity contribution in [2.45, 2.75) is 39.7 Å². The van der Waals surface area contributed by atoms with Gasteiger partial charge in [-0.1, -0.05) is 6.92 Å². The van der Waals surface area contributed by atoms with Gasteiger partial charge >= 0.3 is 0 Å². The van der Waals surface area contributed by atoms with Gasteiger partial charge in [-0.05, 0) is 39.3 Å². The minimum atomic E-state index is -0.186. The molecule has 0 unspecified atom stereocenters. The standard InChI is InChI=1S/C15H21N5O/c1-5-12-11(9-18-20(12)15(2,3)4)14(21)19-10-6-7-13(16)17-8-10/h6-9H,5H2,1-4H3,(H2,16,17)(H,19,21). The number of nitrogen functional groups attached to an aromatic ring is 1. The molecule has 0 aromatic carbocycles. The molecule has 0 aliphatic heterocycles. The second kappa shape index (κ2) is 5.55. The zero-order valence-electron chi connectivity index (χ0n) is 12.8. The number of carbonyl (C=O) groups is 1. The third kappa shape index (κ3) is 3.21. The molecule has 2 aromatic heterocycles. The zero-order valence-corrected chi connectivity index (χ0v) is 12.8. The van der Waals surface area contributed by atoms with Gasteiger partial charge in [-0.15, -0.1) is 0 Å². The molecule has 0 spiro atoms. The van der Waals surface area contributed by atoms with E-state index in [1.165, 1.54) is 6.20 Å². The average molecular weight is 287 g/mol. The number of amides is 1. The Morgan fingerprint density at radius 2 is 2.05 bits per heavy atom. The lowest BCUT2D eigenvalue weighted by atomic mass is 10.1. The zero-order chi connectivity index (χ0) is 15.6. The maximum atomic E-state index is 12.4. The van der Waals surface area contributed by atoms with E-state index in [9.17, 15) is 4.79 Å². The van der Waals surface area contributed by atoms with E-state index in [1.807, 2.05) is 11.6 Å². The van der Waals surface area contributed by atoms with E-state index < -0.39 is 0 Å². The molecule has 0 radical (unpaired) electrons. The topological polar surface area (TPSA) is 85.8 Å². The number of carbonyl (C=O) groups excluding carboxylic acids is 1. The average Bonchev–Trinajstić information content (AvgIpc) is 2.85. The molecule has 0 fully saturated rings. The summed E-state index contributed by atoms with van der Waals surface area (Å²) in [6, 6.07) is 3.37. The minimum Gasteiger partial charge on any atom is -0.384 e. The molecule has 0 aliphatic rings. The normalized spacial score (nSPS) is 11.4. The fraction of sp³-hybridized carbons (Fsp3) is 0.400. The molecule has 0 saturated heterocycles. The lowest BCUT2D eigenvalue weighted by Crippen LogP contribution is -2.26. The van der Waals surface area contributed by atoms with Gasteiger partial charge in [0.25, 0.3) is 5.91 Å². The molecule has 0 saturated carbocycles. The molecule has 0 atom stereocenters. The first kappa shape index (κ1) is 15.0. The first-order valence-corrected chi connectivity index (χ1v) is 6.93. The number of pyridine rings is 1. The summed E-state index contributed by atoms with van der Waals surface area (Å²) in [6.45, 7) is 8.20. The van der Waals surface area contributed by atoms with E-state index in [2.05, 4.69) is 36.2 Å². The summed E-state index contributed by atoms with van der Waals surface area (Å²) in [5.74, 6) is 0.233. The van der Waals surface area contributed by atoms with Crippen LogP contribution in [0.3, 0.4) is 0 Å². The van der Waals surface area contributed by atoms with Crippen molar-refractivity contribution >= 4 is 17.4 Å². The Bertz CT molecular complexity index is 637. The van der Waals surface area contributed by atoms with Crippen LogP contribution < -0.4 is 11.1 Å². The SMILES string of the molecule is CCc1c(C(=O)Nc2ccc(N)nc2)cnn1C(C)(C)C. The molecule has 0 aliphatic carbocycles. The second-order valence-corrected chi connectivity index (χ2v) is 5.87. The van der Waals surface area contributed by atoms with Crippen LogP contribution in [0, 0.1) is 0 Å². The molecule has 2 aromatic rings. The largest absolute Gasteiger partial charge is 0.384 e. The maximum absolute atomic E-state index is 12.4. The summed E-state index contributed by atoms with van der Waals surface area (Å²) in [7, 11) is 0. The number of aromatic nitrogens is 3. The fourth-order valence-corrected chi connectivity index (χ4v) is 2.16. The molecule has 6 nitrogen and oxygen atoms in total. The van der Waals surface area contributed by atoms with E-state index in [0.717, 1.165) is 12.1 Å². The molecular weight excluding hydrogens is 266 g/mol. The molecule has 21 heavy (non-hydrogen) atoms. The van der Waals surface area contributed by atoms with Gasteiger partial charge in [0.1, 0.15) is 5.82 Å². The van der Waals surface area contributed by atoms with Crippen molar-refractivity contribution in [3.05, 3.63) is 35.8 Å². The van der Waals surface area contributed by atoms with Gasteiger partial charge in [-0.2, -0.15) is 5.10 Å². The number of nitrogens with one attached hydrogen (secondary N) is 1. The van der Waals surface area contributed by atoms with Crippen LogP contribution in [0.1, 0.15) is 43.7 Å². The van der Waals surface area contributed by atoms with Gasteiger partial charge in [0.15, 0.2) is 0 Å². The highest BCUT2D eigenvalue weighted by Crippen LogP contribution is 2.20. The monoisotopic (exact) mass is 287 g/mol. The van der Waals surface area contributed by atoms with Gasteiger partial charge in [0.05, 0.1) is 34.9 Å². The van der Waals surface area contributed by atoms with Gasteiger partial charge in [0, 0.05) is 0 Å². The van der Waals surface area contributed by atoms with Crippen LogP contribution in [0.5, 0.6) is 0 Å². The first-order valence-electron chi connectivity index (χ1n) is 6.93. The quantitative estimate of drug-likeness (QED) is 0.907. The number of hydrogen-bond acceptors (Lipinski definition) is 4. The molecule has 1 amide bonds. The lowest BCUT2D eigenvalue weighted by Gasteiger charge is -2.22. The summed E-state index contributed by atoms with van der Waals surface area (Å²) >= 11 is 0. The number of rotatable bonds is 3. The Labute approximate surface area is 124 Å².